The molecule has 0 unspecified atom stereocenters. The van der Waals surface area contributed by atoms with E-state index in [1.54, 1.807) is 12.1 Å². The summed E-state index contributed by atoms with van der Waals surface area (Å²) in [6, 6.07) is 3.41. The summed E-state index contributed by atoms with van der Waals surface area (Å²) in [6.45, 7) is -0.163. The maximum atomic E-state index is 8.88. The number of aliphatic hydroxyl groups excluding tert-OH is 2. The van der Waals surface area contributed by atoms with Gasteiger partial charge in [0.05, 0.1) is 18.9 Å². The van der Waals surface area contributed by atoms with Crippen molar-refractivity contribution >= 4 is 21.6 Å². The molecule has 1 rings (SSSR count). The van der Waals surface area contributed by atoms with Crippen molar-refractivity contribution in [3.8, 4) is 0 Å². The summed E-state index contributed by atoms with van der Waals surface area (Å²) in [7, 11) is 0. The second kappa shape index (κ2) is 3.89. The van der Waals surface area contributed by atoms with Gasteiger partial charge in [-0.25, -0.2) is 0 Å². The van der Waals surface area contributed by atoms with E-state index in [4.69, 9.17) is 15.9 Å². The van der Waals surface area contributed by atoms with Crippen LogP contribution < -0.4 is 5.73 Å². The molecule has 0 saturated heterocycles. The first-order chi connectivity index (χ1) is 5.69. The van der Waals surface area contributed by atoms with E-state index in [-0.39, 0.29) is 13.2 Å². The monoisotopic (exact) mass is 231 g/mol. The van der Waals surface area contributed by atoms with Crippen molar-refractivity contribution in [3.05, 3.63) is 27.7 Å². The molecule has 4 N–H and O–H groups in total. The van der Waals surface area contributed by atoms with Gasteiger partial charge in [-0.2, -0.15) is 0 Å². The molecule has 12 heavy (non-hydrogen) atoms. The molecule has 0 saturated carbocycles. The predicted molar refractivity (Wildman–Crippen MR) is 50.4 cm³/mol. The number of rotatable bonds is 2. The fraction of sp³-hybridized carbons (Fsp3) is 0.250. The molecule has 0 radical (unpaired) electrons. The molecule has 0 aromatic heterocycles. The summed E-state index contributed by atoms with van der Waals surface area (Å²) < 4.78 is 0.707. The third kappa shape index (κ3) is 1.77. The van der Waals surface area contributed by atoms with Crippen LogP contribution in [0.3, 0.4) is 0 Å². The van der Waals surface area contributed by atoms with Gasteiger partial charge in [0.15, 0.2) is 0 Å². The molecule has 0 aliphatic heterocycles. The van der Waals surface area contributed by atoms with Crippen molar-refractivity contribution in [3.63, 3.8) is 0 Å². The Morgan fingerprint density at radius 1 is 1.25 bits per heavy atom. The number of hydrogen-bond acceptors (Lipinski definition) is 3. The minimum Gasteiger partial charge on any atom is -0.398 e. The van der Waals surface area contributed by atoms with Gasteiger partial charge in [-0.05, 0) is 33.6 Å². The molecule has 0 aliphatic rings. The average molecular weight is 232 g/mol. The van der Waals surface area contributed by atoms with Crippen molar-refractivity contribution in [1.82, 2.24) is 0 Å². The van der Waals surface area contributed by atoms with Gasteiger partial charge < -0.3 is 15.9 Å². The van der Waals surface area contributed by atoms with E-state index in [9.17, 15) is 0 Å². The summed E-state index contributed by atoms with van der Waals surface area (Å²) in [6.07, 6.45) is 0. The minimum atomic E-state index is -0.113. The Morgan fingerprint density at radius 2 is 1.92 bits per heavy atom. The van der Waals surface area contributed by atoms with Gasteiger partial charge in [-0.1, -0.05) is 0 Å². The van der Waals surface area contributed by atoms with Crippen molar-refractivity contribution in [1.29, 1.82) is 0 Å². The number of aliphatic hydroxyl groups is 2. The van der Waals surface area contributed by atoms with E-state index in [0.29, 0.717) is 15.7 Å². The number of hydrogen-bond donors (Lipinski definition) is 3. The molecular weight excluding hydrogens is 222 g/mol. The topological polar surface area (TPSA) is 66.5 Å². The quantitative estimate of drug-likeness (QED) is 0.667. The number of halogens is 1. The molecule has 66 valence electrons. The summed E-state index contributed by atoms with van der Waals surface area (Å²) in [5, 5.41) is 17.7. The van der Waals surface area contributed by atoms with Crippen molar-refractivity contribution in [2.75, 3.05) is 5.73 Å². The van der Waals surface area contributed by atoms with Gasteiger partial charge in [0.25, 0.3) is 0 Å². The van der Waals surface area contributed by atoms with Gasteiger partial charge in [0.1, 0.15) is 0 Å². The van der Waals surface area contributed by atoms with E-state index in [2.05, 4.69) is 15.9 Å². The second-order valence-electron chi connectivity index (χ2n) is 2.47. The van der Waals surface area contributed by atoms with Crippen LogP contribution in [-0.4, -0.2) is 10.2 Å². The number of nitrogen functional groups attached to an aromatic ring is 1. The Kier molecular flexibility index (Phi) is 3.08. The van der Waals surface area contributed by atoms with E-state index >= 15 is 0 Å². The van der Waals surface area contributed by atoms with Crippen LogP contribution in [0.15, 0.2) is 16.6 Å². The summed E-state index contributed by atoms with van der Waals surface area (Å²) in [5.41, 5.74) is 7.52. The van der Waals surface area contributed by atoms with Crippen LogP contribution in [0.4, 0.5) is 5.69 Å². The maximum absolute atomic E-state index is 8.88. The fourth-order valence-corrected chi connectivity index (χ4v) is 1.51. The molecule has 0 atom stereocenters. The molecule has 4 heteroatoms. The van der Waals surface area contributed by atoms with Crippen LogP contribution in [0.1, 0.15) is 11.1 Å². The molecule has 1 aromatic rings. The fourth-order valence-electron chi connectivity index (χ4n) is 0.959. The van der Waals surface area contributed by atoms with Gasteiger partial charge in [-0.15, -0.1) is 0 Å². The first-order valence-electron chi connectivity index (χ1n) is 3.47. The highest BCUT2D eigenvalue weighted by molar-refractivity contribution is 9.10. The molecule has 0 heterocycles. The highest BCUT2D eigenvalue weighted by atomic mass is 79.9. The van der Waals surface area contributed by atoms with Crippen LogP contribution in [0.5, 0.6) is 0 Å². The lowest BCUT2D eigenvalue weighted by atomic mass is 10.1. The van der Waals surface area contributed by atoms with Crippen LogP contribution >= 0.6 is 15.9 Å². The molecular formula is C8H10BrNO2. The van der Waals surface area contributed by atoms with Crippen LogP contribution in [-0.2, 0) is 13.2 Å². The molecule has 3 nitrogen and oxygen atoms in total. The Labute approximate surface area is 79.0 Å². The zero-order chi connectivity index (χ0) is 9.14. The largest absolute Gasteiger partial charge is 0.398 e. The number of nitrogens with two attached hydrogens (primary N) is 1. The normalized spacial score (nSPS) is 10.2. The van der Waals surface area contributed by atoms with Crippen molar-refractivity contribution < 1.29 is 10.2 Å². The minimum absolute atomic E-state index is 0.0497. The van der Waals surface area contributed by atoms with E-state index in [1.807, 2.05) is 0 Å². The Balaban J connectivity index is 3.19. The summed E-state index contributed by atoms with van der Waals surface area (Å²) >= 11 is 3.23. The lowest BCUT2D eigenvalue weighted by molar-refractivity contribution is 0.275. The SMILES string of the molecule is Nc1c(Br)cc(CO)cc1CO. The van der Waals surface area contributed by atoms with Gasteiger partial charge >= 0.3 is 0 Å². The molecule has 0 amide bonds. The van der Waals surface area contributed by atoms with Gasteiger partial charge in [-0.3, -0.25) is 0 Å². The maximum Gasteiger partial charge on any atom is 0.0702 e. The smallest absolute Gasteiger partial charge is 0.0702 e. The third-order valence-corrected chi connectivity index (χ3v) is 2.28. The zero-order valence-corrected chi connectivity index (χ0v) is 8.00. The summed E-state index contributed by atoms with van der Waals surface area (Å²) in [4.78, 5) is 0. The lowest BCUT2D eigenvalue weighted by Crippen LogP contribution is -1.97. The predicted octanol–water partition coefficient (Wildman–Crippen LogP) is 1.02. The first-order valence-corrected chi connectivity index (χ1v) is 4.26. The molecule has 1 aromatic carbocycles. The first kappa shape index (κ1) is 9.51. The molecule has 0 spiro atoms. The Morgan fingerprint density at radius 3 is 2.42 bits per heavy atom. The Bertz CT molecular complexity index is 289. The zero-order valence-electron chi connectivity index (χ0n) is 6.42. The van der Waals surface area contributed by atoms with Crippen LogP contribution in [0.2, 0.25) is 0 Å². The molecule has 0 fully saturated rings. The molecule has 0 aliphatic carbocycles. The Hall–Kier alpha value is -0.580. The lowest BCUT2D eigenvalue weighted by Gasteiger charge is -2.06. The standard InChI is InChI=1S/C8H10BrNO2/c9-7-2-5(3-11)1-6(4-12)8(7)10/h1-2,11-12H,3-4,10H2. The highest BCUT2D eigenvalue weighted by Gasteiger charge is 2.04. The van der Waals surface area contributed by atoms with Gasteiger partial charge in [0, 0.05) is 10.0 Å². The number of anilines is 1. The second-order valence-corrected chi connectivity index (χ2v) is 3.32. The highest BCUT2D eigenvalue weighted by Crippen LogP contribution is 2.25. The molecule has 0 bridgehead atoms. The van der Waals surface area contributed by atoms with Crippen LogP contribution in [0, 0.1) is 0 Å². The van der Waals surface area contributed by atoms with Crippen molar-refractivity contribution in [2.45, 2.75) is 13.2 Å². The van der Waals surface area contributed by atoms with E-state index in [1.165, 1.54) is 0 Å². The third-order valence-electron chi connectivity index (χ3n) is 1.63. The van der Waals surface area contributed by atoms with E-state index < -0.39 is 0 Å². The summed E-state index contributed by atoms with van der Waals surface area (Å²) in [5.74, 6) is 0. The number of benzene rings is 1. The van der Waals surface area contributed by atoms with Crippen molar-refractivity contribution in [2.24, 2.45) is 0 Å². The average Bonchev–Trinajstić information content (AvgIpc) is 2.09. The van der Waals surface area contributed by atoms with Crippen LogP contribution in [0.25, 0.3) is 0 Å². The van der Waals surface area contributed by atoms with Gasteiger partial charge in [0.2, 0.25) is 0 Å². The van der Waals surface area contributed by atoms with E-state index in [0.717, 1.165) is 5.56 Å².